The second-order valence-corrected chi connectivity index (χ2v) is 6.13. The first-order valence-electron chi connectivity index (χ1n) is 4.97. The molecular formula is C10H15ClN2O2S. The lowest BCUT2D eigenvalue weighted by Crippen LogP contribution is -2.32. The molecule has 90 valence electrons. The van der Waals surface area contributed by atoms with Crippen molar-refractivity contribution in [2.75, 3.05) is 6.54 Å². The highest BCUT2D eigenvalue weighted by Crippen LogP contribution is 2.10. The van der Waals surface area contributed by atoms with Gasteiger partial charge in [-0.05, 0) is 18.1 Å². The lowest BCUT2D eigenvalue weighted by atomic mass is 10.1. The molecule has 4 nitrogen and oxygen atoms in total. The Balaban J connectivity index is 2.67. The third-order valence-electron chi connectivity index (χ3n) is 2.14. The molecule has 0 aliphatic heterocycles. The molecule has 1 aromatic heterocycles. The Hall–Kier alpha value is -0.650. The van der Waals surface area contributed by atoms with Crippen molar-refractivity contribution in [1.29, 1.82) is 0 Å². The van der Waals surface area contributed by atoms with Crippen molar-refractivity contribution in [2.45, 2.75) is 24.1 Å². The Morgan fingerprint density at radius 3 is 2.69 bits per heavy atom. The van der Waals surface area contributed by atoms with E-state index in [1.165, 1.54) is 18.5 Å². The fourth-order valence-corrected chi connectivity index (χ4v) is 2.21. The topological polar surface area (TPSA) is 59.1 Å². The lowest BCUT2D eigenvalue weighted by Gasteiger charge is -2.14. The highest BCUT2D eigenvalue weighted by atomic mass is 35.5. The smallest absolute Gasteiger partial charge is 0.242 e. The van der Waals surface area contributed by atoms with Gasteiger partial charge in [-0.25, -0.2) is 13.1 Å². The molecule has 1 N–H and O–H groups in total. The number of aromatic nitrogens is 1. The van der Waals surface area contributed by atoms with Crippen LogP contribution in [0.2, 0.25) is 0 Å². The summed E-state index contributed by atoms with van der Waals surface area (Å²) in [6.45, 7) is 4.10. The minimum atomic E-state index is -3.49. The average molecular weight is 263 g/mol. The quantitative estimate of drug-likeness (QED) is 0.821. The summed E-state index contributed by atoms with van der Waals surface area (Å²) < 4.78 is 26.0. The van der Waals surface area contributed by atoms with Gasteiger partial charge in [-0.3, -0.25) is 4.98 Å². The zero-order valence-electron chi connectivity index (χ0n) is 9.22. The Morgan fingerprint density at radius 1 is 1.50 bits per heavy atom. The molecule has 6 heteroatoms. The van der Waals surface area contributed by atoms with E-state index in [9.17, 15) is 8.42 Å². The average Bonchev–Trinajstić information content (AvgIpc) is 2.27. The first-order valence-corrected chi connectivity index (χ1v) is 6.89. The summed E-state index contributed by atoms with van der Waals surface area (Å²) in [7, 11) is -3.49. The third kappa shape index (κ3) is 3.73. The van der Waals surface area contributed by atoms with Gasteiger partial charge in [-0.15, -0.1) is 11.6 Å². The van der Waals surface area contributed by atoms with E-state index < -0.39 is 10.0 Å². The molecule has 1 unspecified atom stereocenters. The van der Waals surface area contributed by atoms with Gasteiger partial charge in [-0.1, -0.05) is 13.8 Å². The van der Waals surface area contributed by atoms with E-state index in [1.807, 2.05) is 13.8 Å². The summed E-state index contributed by atoms with van der Waals surface area (Å²) in [6, 6.07) is 3.07. The van der Waals surface area contributed by atoms with Gasteiger partial charge in [0.25, 0.3) is 0 Å². The molecule has 16 heavy (non-hydrogen) atoms. The van der Waals surface area contributed by atoms with Crippen LogP contribution in [0.5, 0.6) is 0 Å². The van der Waals surface area contributed by atoms with Crippen molar-refractivity contribution in [3.63, 3.8) is 0 Å². The molecule has 0 aliphatic carbocycles. The SMILES string of the molecule is CC(C)C(Cl)CNS(=O)(=O)c1cccnc1. The number of nitrogens with one attached hydrogen (secondary N) is 1. The summed E-state index contributed by atoms with van der Waals surface area (Å²) in [5, 5.41) is -0.216. The number of sulfonamides is 1. The minimum absolute atomic E-state index is 0.155. The summed E-state index contributed by atoms with van der Waals surface area (Å²) >= 11 is 5.97. The molecule has 0 aromatic carbocycles. The van der Waals surface area contributed by atoms with Crippen LogP contribution in [-0.4, -0.2) is 25.3 Å². The van der Waals surface area contributed by atoms with E-state index in [1.54, 1.807) is 6.07 Å². The Kier molecular flexibility index (Phi) is 4.70. The number of hydrogen-bond acceptors (Lipinski definition) is 3. The molecule has 0 saturated carbocycles. The molecule has 0 radical (unpaired) electrons. The Labute approximate surface area is 101 Å². The van der Waals surface area contributed by atoms with Crippen molar-refractivity contribution in [3.8, 4) is 0 Å². The standard InChI is InChI=1S/C10H15ClN2O2S/c1-8(2)10(11)7-13-16(14,15)9-4-3-5-12-6-9/h3-6,8,10,13H,7H2,1-2H3. The van der Waals surface area contributed by atoms with E-state index in [0.717, 1.165) is 0 Å². The molecule has 1 rings (SSSR count). The van der Waals surface area contributed by atoms with Crippen LogP contribution in [-0.2, 0) is 10.0 Å². The number of hydrogen-bond donors (Lipinski definition) is 1. The largest absolute Gasteiger partial charge is 0.263 e. The maximum Gasteiger partial charge on any atom is 0.242 e. The number of alkyl halides is 1. The van der Waals surface area contributed by atoms with Crippen LogP contribution < -0.4 is 4.72 Å². The Bertz CT molecular complexity index is 420. The fraction of sp³-hybridized carbons (Fsp3) is 0.500. The molecule has 1 aromatic rings. The van der Waals surface area contributed by atoms with Gasteiger partial charge in [0.1, 0.15) is 4.90 Å². The van der Waals surface area contributed by atoms with Crippen LogP contribution >= 0.6 is 11.6 Å². The van der Waals surface area contributed by atoms with Gasteiger partial charge in [0, 0.05) is 24.3 Å². The summed E-state index contributed by atoms with van der Waals surface area (Å²) in [5.41, 5.74) is 0. The van der Waals surface area contributed by atoms with Crippen LogP contribution in [0.25, 0.3) is 0 Å². The highest BCUT2D eigenvalue weighted by molar-refractivity contribution is 7.89. The molecule has 0 aliphatic rings. The van der Waals surface area contributed by atoms with Gasteiger partial charge >= 0.3 is 0 Å². The van der Waals surface area contributed by atoms with E-state index in [2.05, 4.69) is 9.71 Å². The minimum Gasteiger partial charge on any atom is -0.263 e. The number of pyridine rings is 1. The molecular weight excluding hydrogens is 248 g/mol. The summed E-state index contributed by atoms with van der Waals surface area (Å²) in [6.07, 6.45) is 2.83. The number of nitrogens with zero attached hydrogens (tertiary/aromatic N) is 1. The van der Waals surface area contributed by atoms with Crippen molar-refractivity contribution in [2.24, 2.45) is 5.92 Å². The molecule has 0 saturated heterocycles. The zero-order chi connectivity index (χ0) is 12.2. The van der Waals surface area contributed by atoms with Gasteiger partial charge in [0.15, 0.2) is 0 Å². The van der Waals surface area contributed by atoms with Crippen molar-refractivity contribution in [3.05, 3.63) is 24.5 Å². The monoisotopic (exact) mass is 262 g/mol. The van der Waals surface area contributed by atoms with Crippen molar-refractivity contribution >= 4 is 21.6 Å². The number of rotatable bonds is 5. The lowest BCUT2D eigenvalue weighted by molar-refractivity contribution is 0.556. The maximum absolute atomic E-state index is 11.7. The zero-order valence-corrected chi connectivity index (χ0v) is 10.8. The molecule has 1 heterocycles. The first kappa shape index (κ1) is 13.4. The van der Waals surface area contributed by atoms with Crippen LogP contribution in [0.1, 0.15) is 13.8 Å². The summed E-state index contributed by atoms with van der Waals surface area (Å²) in [5.74, 6) is 0.221. The molecule has 0 amide bonds. The van der Waals surface area contributed by atoms with Crippen molar-refractivity contribution < 1.29 is 8.42 Å². The molecule has 0 bridgehead atoms. The van der Waals surface area contributed by atoms with E-state index in [-0.39, 0.29) is 22.7 Å². The molecule has 1 atom stereocenters. The number of halogens is 1. The van der Waals surface area contributed by atoms with E-state index >= 15 is 0 Å². The van der Waals surface area contributed by atoms with Crippen LogP contribution in [0, 0.1) is 5.92 Å². The predicted octanol–water partition coefficient (Wildman–Crippen LogP) is 1.62. The van der Waals surface area contributed by atoms with Gasteiger partial charge in [0.2, 0.25) is 10.0 Å². The van der Waals surface area contributed by atoms with Crippen LogP contribution in [0.15, 0.2) is 29.4 Å². The molecule has 0 spiro atoms. The highest BCUT2D eigenvalue weighted by Gasteiger charge is 2.17. The molecule has 0 fully saturated rings. The second kappa shape index (κ2) is 5.61. The van der Waals surface area contributed by atoms with Crippen molar-refractivity contribution in [1.82, 2.24) is 9.71 Å². The van der Waals surface area contributed by atoms with Crippen LogP contribution in [0.3, 0.4) is 0 Å². The van der Waals surface area contributed by atoms with Gasteiger partial charge < -0.3 is 0 Å². The van der Waals surface area contributed by atoms with E-state index in [4.69, 9.17) is 11.6 Å². The van der Waals surface area contributed by atoms with Gasteiger partial charge in [-0.2, -0.15) is 0 Å². The summed E-state index contributed by atoms with van der Waals surface area (Å²) in [4.78, 5) is 3.92. The normalized spacial score (nSPS) is 14.0. The van der Waals surface area contributed by atoms with Crippen LogP contribution in [0.4, 0.5) is 0 Å². The maximum atomic E-state index is 11.7. The fourth-order valence-electron chi connectivity index (χ4n) is 1.01. The third-order valence-corrected chi connectivity index (χ3v) is 4.20. The van der Waals surface area contributed by atoms with Gasteiger partial charge in [0.05, 0.1) is 0 Å². The van der Waals surface area contributed by atoms with E-state index in [0.29, 0.717) is 0 Å². The Morgan fingerprint density at radius 2 is 2.19 bits per heavy atom. The second-order valence-electron chi connectivity index (χ2n) is 3.80. The predicted molar refractivity (Wildman–Crippen MR) is 63.9 cm³/mol. The first-order chi connectivity index (χ1) is 7.43.